The van der Waals surface area contributed by atoms with Gasteiger partial charge in [-0.25, -0.2) is 0 Å². The third-order valence-electron chi connectivity index (χ3n) is 3.40. The molecule has 2 rings (SSSR count). The van der Waals surface area contributed by atoms with Gasteiger partial charge >= 0.3 is 0 Å². The summed E-state index contributed by atoms with van der Waals surface area (Å²) in [5.74, 6) is -1.18. The number of hydrogen-bond acceptors (Lipinski definition) is 5. The number of ketones is 1. The molecule has 1 aliphatic carbocycles. The molecule has 1 unspecified atom stereocenters. The van der Waals surface area contributed by atoms with Gasteiger partial charge in [-0.15, -0.1) is 0 Å². The van der Waals surface area contributed by atoms with Crippen LogP contribution in [0.15, 0.2) is 42.5 Å². The Bertz CT molecular complexity index is 656. The number of carbonyl (C=O) groups excluding carboxylic acids is 1. The lowest BCUT2D eigenvalue weighted by Crippen LogP contribution is -2.02. The molecule has 1 atom stereocenters. The van der Waals surface area contributed by atoms with Crippen molar-refractivity contribution < 1.29 is 24.5 Å². The van der Waals surface area contributed by atoms with Crippen molar-refractivity contribution in [3.63, 3.8) is 0 Å². The molecule has 22 heavy (non-hydrogen) atoms. The van der Waals surface area contributed by atoms with Crippen molar-refractivity contribution in [1.82, 2.24) is 0 Å². The van der Waals surface area contributed by atoms with Crippen LogP contribution in [0.3, 0.4) is 0 Å². The van der Waals surface area contributed by atoms with Gasteiger partial charge in [-0.05, 0) is 18.4 Å². The second-order valence-electron chi connectivity index (χ2n) is 4.79. The summed E-state index contributed by atoms with van der Waals surface area (Å²) in [6.45, 7) is 0. The lowest BCUT2D eigenvalue weighted by molar-refractivity contribution is 0.104. The van der Waals surface area contributed by atoms with E-state index in [1.54, 1.807) is 6.08 Å². The van der Waals surface area contributed by atoms with E-state index >= 15 is 0 Å². The molecular formula is C17H18O5. The predicted octanol–water partition coefficient (Wildman–Crippen LogP) is 2.99. The summed E-state index contributed by atoms with van der Waals surface area (Å²) in [4.78, 5) is 12.3. The molecule has 1 aromatic rings. The van der Waals surface area contributed by atoms with E-state index in [0.717, 1.165) is 6.42 Å². The van der Waals surface area contributed by atoms with Crippen molar-refractivity contribution in [2.45, 2.75) is 6.42 Å². The molecule has 0 spiro atoms. The van der Waals surface area contributed by atoms with E-state index in [2.05, 4.69) is 0 Å². The first-order valence-corrected chi connectivity index (χ1v) is 6.81. The zero-order chi connectivity index (χ0) is 16.1. The van der Waals surface area contributed by atoms with Crippen LogP contribution in [0.4, 0.5) is 0 Å². The molecule has 0 saturated carbocycles. The lowest BCUT2D eigenvalue weighted by atomic mass is 9.98. The maximum Gasteiger partial charge on any atom is 0.201 e. The summed E-state index contributed by atoms with van der Waals surface area (Å²) < 4.78 is 10.0. The van der Waals surface area contributed by atoms with Gasteiger partial charge in [-0.3, -0.25) is 4.79 Å². The Morgan fingerprint density at radius 2 is 1.91 bits per heavy atom. The number of rotatable bonds is 5. The average Bonchev–Trinajstić information content (AvgIpc) is 2.55. The predicted molar refractivity (Wildman–Crippen MR) is 82.7 cm³/mol. The summed E-state index contributed by atoms with van der Waals surface area (Å²) in [6.07, 6.45) is 11.8. The summed E-state index contributed by atoms with van der Waals surface area (Å²) in [5, 5.41) is 19.9. The number of phenolic OH excluding ortho intramolecular Hbond substituents is 2. The first kappa shape index (κ1) is 15.7. The van der Waals surface area contributed by atoms with E-state index in [1.807, 2.05) is 24.3 Å². The van der Waals surface area contributed by atoms with Crippen LogP contribution in [0.5, 0.6) is 23.0 Å². The van der Waals surface area contributed by atoms with Gasteiger partial charge in [0, 0.05) is 6.07 Å². The van der Waals surface area contributed by atoms with Gasteiger partial charge in [-0.1, -0.05) is 30.4 Å². The lowest BCUT2D eigenvalue weighted by Gasteiger charge is -2.13. The van der Waals surface area contributed by atoms with Gasteiger partial charge in [0.05, 0.1) is 14.2 Å². The van der Waals surface area contributed by atoms with E-state index in [4.69, 9.17) is 9.47 Å². The van der Waals surface area contributed by atoms with Crippen LogP contribution in [0.25, 0.3) is 0 Å². The minimum Gasteiger partial charge on any atom is -0.504 e. The highest BCUT2D eigenvalue weighted by Crippen LogP contribution is 2.43. The maximum atomic E-state index is 12.3. The molecule has 116 valence electrons. The Hall–Kier alpha value is -2.69. The minimum atomic E-state index is -0.551. The molecule has 0 fully saturated rings. The smallest absolute Gasteiger partial charge is 0.201 e. The molecular weight excluding hydrogens is 284 g/mol. The van der Waals surface area contributed by atoms with Crippen molar-refractivity contribution in [1.29, 1.82) is 0 Å². The number of ether oxygens (including phenoxy) is 2. The number of hydrogen-bond donors (Lipinski definition) is 2. The molecule has 0 saturated heterocycles. The molecule has 1 aromatic carbocycles. The summed E-state index contributed by atoms with van der Waals surface area (Å²) in [6, 6.07) is 1.36. The van der Waals surface area contributed by atoms with Crippen molar-refractivity contribution in [3.05, 3.63) is 48.1 Å². The number of allylic oxidation sites excluding steroid dienone is 6. The SMILES string of the molecule is COc1cc(OC)c(C(=O)C=CC2C=CC=CC2)c(O)c1O. The molecule has 5 heteroatoms. The monoisotopic (exact) mass is 302 g/mol. The Kier molecular flexibility index (Phi) is 4.88. The Balaban J connectivity index is 2.32. The van der Waals surface area contributed by atoms with E-state index < -0.39 is 17.3 Å². The normalized spacial score (nSPS) is 16.9. The quantitative estimate of drug-likeness (QED) is 0.497. The van der Waals surface area contributed by atoms with Gasteiger partial charge in [0.15, 0.2) is 17.3 Å². The minimum absolute atomic E-state index is 0.0373. The maximum absolute atomic E-state index is 12.3. The largest absolute Gasteiger partial charge is 0.504 e. The zero-order valence-electron chi connectivity index (χ0n) is 12.4. The number of aromatic hydroxyl groups is 2. The van der Waals surface area contributed by atoms with Crippen LogP contribution in [0.2, 0.25) is 0 Å². The van der Waals surface area contributed by atoms with Crippen LogP contribution in [-0.2, 0) is 0 Å². The number of phenols is 2. The zero-order valence-corrected chi connectivity index (χ0v) is 12.4. The van der Waals surface area contributed by atoms with Gasteiger partial charge in [0.25, 0.3) is 0 Å². The van der Waals surface area contributed by atoms with E-state index in [-0.39, 0.29) is 23.0 Å². The number of methoxy groups -OCH3 is 2. The molecule has 2 N–H and O–H groups in total. The second-order valence-corrected chi connectivity index (χ2v) is 4.79. The molecule has 0 heterocycles. The van der Waals surface area contributed by atoms with Crippen molar-refractivity contribution in [3.8, 4) is 23.0 Å². The van der Waals surface area contributed by atoms with E-state index in [9.17, 15) is 15.0 Å². The van der Waals surface area contributed by atoms with Gasteiger partial charge in [-0.2, -0.15) is 0 Å². The van der Waals surface area contributed by atoms with Gasteiger partial charge < -0.3 is 19.7 Å². The third-order valence-corrected chi connectivity index (χ3v) is 3.40. The fourth-order valence-corrected chi connectivity index (χ4v) is 2.20. The highest BCUT2D eigenvalue weighted by atomic mass is 16.5. The van der Waals surface area contributed by atoms with E-state index in [1.165, 1.54) is 26.4 Å². The Morgan fingerprint density at radius 3 is 2.50 bits per heavy atom. The van der Waals surface area contributed by atoms with Crippen molar-refractivity contribution >= 4 is 5.78 Å². The number of carbonyl (C=O) groups is 1. The molecule has 0 aliphatic heterocycles. The third kappa shape index (κ3) is 3.14. The van der Waals surface area contributed by atoms with Crippen LogP contribution in [0, 0.1) is 5.92 Å². The molecule has 0 bridgehead atoms. The second kappa shape index (κ2) is 6.85. The summed E-state index contributed by atoms with van der Waals surface area (Å²) in [7, 11) is 2.72. The van der Waals surface area contributed by atoms with Gasteiger partial charge in [0.2, 0.25) is 5.75 Å². The Labute approximate surface area is 128 Å². The molecule has 0 aromatic heterocycles. The average molecular weight is 302 g/mol. The van der Waals surface area contributed by atoms with Crippen LogP contribution < -0.4 is 9.47 Å². The standard InChI is InChI=1S/C17H18O5/c1-21-13-10-14(22-2)16(19)17(20)15(13)12(18)9-8-11-6-4-3-5-7-11/h3-6,8-11,19-20H,7H2,1-2H3. The molecule has 5 nitrogen and oxygen atoms in total. The summed E-state index contributed by atoms with van der Waals surface area (Å²) >= 11 is 0. The summed E-state index contributed by atoms with van der Waals surface area (Å²) in [5.41, 5.74) is -0.0904. The number of benzene rings is 1. The molecule has 0 radical (unpaired) electrons. The topological polar surface area (TPSA) is 76.0 Å². The molecule has 0 amide bonds. The highest BCUT2D eigenvalue weighted by Gasteiger charge is 2.22. The van der Waals surface area contributed by atoms with Crippen LogP contribution in [-0.4, -0.2) is 30.2 Å². The van der Waals surface area contributed by atoms with Crippen molar-refractivity contribution in [2.75, 3.05) is 14.2 Å². The van der Waals surface area contributed by atoms with Crippen LogP contribution in [0.1, 0.15) is 16.8 Å². The van der Waals surface area contributed by atoms with Crippen molar-refractivity contribution in [2.24, 2.45) is 5.92 Å². The Morgan fingerprint density at radius 1 is 1.18 bits per heavy atom. The molecule has 1 aliphatic rings. The first-order valence-electron chi connectivity index (χ1n) is 6.81. The van der Waals surface area contributed by atoms with E-state index in [0.29, 0.717) is 0 Å². The highest BCUT2D eigenvalue weighted by molar-refractivity contribution is 6.09. The fraction of sp³-hybridized carbons (Fsp3) is 0.235. The fourth-order valence-electron chi connectivity index (χ4n) is 2.20. The van der Waals surface area contributed by atoms with Crippen LogP contribution >= 0.6 is 0 Å². The van der Waals surface area contributed by atoms with Gasteiger partial charge in [0.1, 0.15) is 11.3 Å². The first-order chi connectivity index (χ1) is 10.6.